The zero-order valence-corrected chi connectivity index (χ0v) is 14.2. The third-order valence-corrected chi connectivity index (χ3v) is 4.70. The Balaban J connectivity index is 2.74. The van der Waals surface area contributed by atoms with Crippen LogP contribution in [-0.4, -0.2) is 50.5 Å². The highest BCUT2D eigenvalue weighted by molar-refractivity contribution is 7.89. The molecule has 0 radical (unpaired) electrons. The van der Waals surface area contributed by atoms with E-state index < -0.39 is 10.0 Å². The lowest BCUT2D eigenvalue weighted by atomic mass is 10.2. The number of nitrogens with zero attached hydrogens (tertiary/aromatic N) is 2. The van der Waals surface area contributed by atoms with Crippen LogP contribution in [0, 0.1) is 0 Å². The van der Waals surface area contributed by atoms with Gasteiger partial charge in [-0.25, -0.2) is 18.1 Å². The van der Waals surface area contributed by atoms with E-state index in [1.54, 1.807) is 19.2 Å². The summed E-state index contributed by atoms with van der Waals surface area (Å²) in [5.41, 5.74) is 0.495. The Bertz CT molecular complexity index is 536. The van der Waals surface area contributed by atoms with Gasteiger partial charge in [0.15, 0.2) is 5.03 Å². The number of sulfonamides is 1. The lowest BCUT2D eigenvalue weighted by molar-refractivity contribution is 0.179. The minimum Gasteiger partial charge on any atom is -0.386 e. The first-order valence-corrected chi connectivity index (χ1v) is 8.66. The van der Waals surface area contributed by atoms with Crippen LogP contribution in [0.2, 0.25) is 0 Å². The Labute approximate surface area is 128 Å². The first kappa shape index (κ1) is 17.9. The van der Waals surface area contributed by atoms with Gasteiger partial charge in [0, 0.05) is 38.4 Å². The van der Waals surface area contributed by atoms with Gasteiger partial charge in [-0.2, -0.15) is 0 Å². The number of hydrogen-bond acceptors (Lipinski definition) is 5. The van der Waals surface area contributed by atoms with Crippen molar-refractivity contribution < 1.29 is 8.42 Å². The lowest BCUT2D eigenvalue weighted by Gasteiger charge is -2.30. The van der Waals surface area contributed by atoms with E-state index in [0.717, 1.165) is 0 Å². The average molecular weight is 314 g/mol. The maximum absolute atomic E-state index is 12.3. The second-order valence-electron chi connectivity index (χ2n) is 5.43. The fraction of sp³-hybridized carbons (Fsp3) is 0.643. The summed E-state index contributed by atoms with van der Waals surface area (Å²) in [6.07, 6.45) is 1.48. The quantitative estimate of drug-likeness (QED) is 0.761. The SMILES string of the molecule is CNc1cccnc1S(=O)(=O)NCCN(C(C)C)C(C)C. The number of aromatic nitrogens is 1. The van der Waals surface area contributed by atoms with Crippen LogP contribution in [-0.2, 0) is 10.0 Å². The third kappa shape index (κ3) is 4.94. The standard InChI is InChI=1S/C14H26N4O2S/c1-11(2)18(12(3)4)10-9-17-21(19,20)14-13(15-5)7-6-8-16-14/h6-8,11-12,15,17H,9-10H2,1-5H3. The van der Waals surface area contributed by atoms with Crippen molar-refractivity contribution in [3.63, 3.8) is 0 Å². The molecule has 0 fully saturated rings. The van der Waals surface area contributed by atoms with Gasteiger partial charge in [0.05, 0.1) is 5.69 Å². The number of nitrogens with one attached hydrogen (secondary N) is 2. The Morgan fingerprint density at radius 1 is 1.24 bits per heavy atom. The predicted molar refractivity (Wildman–Crippen MR) is 86.0 cm³/mol. The molecule has 1 aromatic rings. The fourth-order valence-electron chi connectivity index (χ4n) is 2.29. The monoisotopic (exact) mass is 314 g/mol. The second-order valence-corrected chi connectivity index (χ2v) is 7.11. The minimum atomic E-state index is -3.60. The van der Waals surface area contributed by atoms with Crippen LogP contribution in [0.1, 0.15) is 27.7 Å². The largest absolute Gasteiger partial charge is 0.386 e. The molecule has 0 aromatic carbocycles. The van der Waals surface area contributed by atoms with Gasteiger partial charge in [-0.05, 0) is 39.8 Å². The van der Waals surface area contributed by atoms with Crippen molar-refractivity contribution in [1.82, 2.24) is 14.6 Å². The van der Waals surface area contributed by atoms with Crippen molar-refractivity contribution in [3.05, 3.63) is 18.3 Å². The molecule has 120 valence electrons. The van der Waals surface area contributed by atoms with E-state index in [4.69, 9.17) is 0 Å². The Morgan fingerprint density at radius 3 is 2.38 bits per heavy atom. The zero-order valence-electron chi connectivity index (χ0n) is 13.4. The minimum absolute atomic E-state index is 0.0353. The summed E-state index contributed by atoms with van der Waals surface area (Å²) >= 11 is 0. The molecule has 0 bridgehead atoms. The van der Waals surface area contributed by atoms with E-state index in [1.165, 1.54) is 6.20 Å². The molecule has 0 aliphatic heterocycles. The summed E-state index contributed by atoms with van der Waals surface area (Å²) in [5, 5.41) is 2.88. The molecule has 0 saturated carbocycles. The van der Waals surface area contributed by atoms with Gasteiger partial charge in [-0.3, -0.25) is 4.90 Å². The summed E-state index contributed by atoms with van der Waals surface area (Å²) in [5.74, 6) is 0. The van der Waals surface area contributed by atoms with E-state index in [2.05, 4.69) is 47.6 Å². The van der Waals surface area contributed by atoms with Gasteiger partial charge in [0.1, 0.15) is 0 Å². The summed E-state index contributed by atoms with van der Waals surface area (Å²) in [7, 11) is -1.92. The van der Waals surface area contributed by atoms with Crippen molar-refractivity contribution in [1.29, 1.82) is 0 Å². The molecule has 0 spiro atoms. The molecule has 2 N–H and O–H groups in total. The summed E-state index contributed by atoms with van der Waals surface area (Å²) in [6, 6.07) is 4.13. The van der Waals surface area contributed by atoms with Crippen LogP contribution in [0.25, 0.3) is 0 Å². The van der Waals surface area contributed by atoms with Crippen LogP contribution >= 0.6 is 0 Å². The molecular weight excluding hydrogens is 288 g/mol. The topological polar surface area (TPSA) is 74.3 Å². The first-order chi connectivity index (χ1) is 9.79. The molecular formula is C14H26N4O2S. The molecule has 0 amide bonds. The Hall–Kier alpha value is -1.18. The van der Waals surface area contributed by atoms with E-state index in [1.807, 2.05) is 0 Å². The lowest BCUT2D eigenvalue weighted by Crippen LogP contribution is -2.42. The van der Waals surface area contributed by atoms with Crippen LogP contribution in [0.5, 0.6) is 0 Å². The predicted octanol–water partition coefficient (Wildman–Crippen LogP) is 1.52. The number of pyridine rings is 1. The molecule has 6 nitrogen and oxygen atoms in total. The van der Waals surface area contributed by atoms with Gasteiger partial charge in [0.25, 0.3) is 10.0 Å². The van der Waals surface area contributed by atoms with E-state index in [-0.39, 0.29) is 5.03 Å². The van der Waals surface area contributed by atoms with Gasteiger partial charge >= 0.3 is 0 Å². The second kappa shape index (κ2) is 7.72. The molecule has 7 heteroatoms. The number of hydrogen-bond donors (Lipinski definition) is 2. The molecule has 0 aliphatic rings. The third-order valence-electron chi connectivity index (χ3n) is 3.28. The number of anilines is 1. The molecule has 1 heterocycles. The maximum Gasteiger partial charge on any atom is 0.260 e. The molecule has 1 aromatic heterocycles. The smallest absolute Gasteiger partial charge is 0.260 e. The molecule has 0 atom stereocenters. The van der Waals surface area contributed by atoms with Gasteiger partial charge in [-0.15, -0.1) is 0 Å². The Kier molecular flexibility index (Phi) is 6.57. The molecule has 0 aliphatic carbocycles. The molecule has 0 saturated heterocycles. The van der Waals surface area contributed by atoms with E-state index >= 15 is 0 Å². The van der Waals surface area contributed by atoms with Crippen LogP contribution in [0.15, 0.2) is 23.4 Å². The van der Waals surface area contributed by atoms with Gasteiger partial charge in [0.2, 0.25) is 0 Å². The van der Waals surface area contributed by atoms with Gasteiger partial charge < -0.3 is 5.32 Å². The highest BCUT2D eigenvalue weighted by atomic mass is 32.2. The van der Waals surface area contributed by atoms with Crippen molar-refractivity contribution >= 4 is 15.7 Å². The van der Waals surface area contributed by atoms with Crippen molar-refractivity contribution in [2.24, 2.45) is 0 Å². The highest BCUT2D eigenvalue weighted by Gasteiger charge is 2.20. The fourth-order valence-corrected chi connectivity index (χ4v) is 3.44. The average Bonchev–Trinajstić information content (AvgIpc) is 2.42. The van der Waals surface area contributed by atoms with Crippen molar-refractivity contribution in [2.45, 2.75) is 44.8 Å². The maximum atomic E-state index is 12.3. The summed E-state index contributed by atoms with van der Waals surface area (Å²) in [4.78, 5) is 6.20. The molecule has 1 rings (SSSR count). The normalized spacial score (nSPS) is 12.4. The van der Waals surface area contributed by atoms with Crippen LogP contribution in [0.4, 0.5) is 5.69 Å². The highest BCUT2D eigenvalue weighted by Crippen LogP contribution is 2.16. The van der Waals surface area contributed by atoms with Gasteiger partial charge in [-0.1, -0.05) is 0 Å². The number of rotatable bonds is 8. The molecule has 21 heavy (non-hydrogen) atoms. The first-order valence-electron chi connectivity index (χ1n) is 7.17. The Morgan fingerprint density at radius 2 is 1.86 bits per heavy atom. The molecule has 0 unspecified atom stereocenters. The van der Waals surface area contributed by atoms with Crippen LogP contribution < -0.4 is 10.0 Å². The summed E-state index contributed by atoms with van der Waals surface area (Å²) < 4.78 is 27.2. The van der Waals surface area contributed by atoms with Crippen molar-refractivity contribution in [2.75, 3.05) is 25.5 Å². The van der Waals surface area contributed by atoms with E-state index in [9.17, 15) is 8.42 Å². The zero-order chi connectivity index (χ0) is 16.0. The summed E-state index contributed by atoms with van der Waals surface area (Å²) in [6.45, 7) is 9.44. The van der Waals surface area contributed by atoms with E-state index in [0.29, 0.717) is 30.9 Å². The van der Waals surface area contributed by atoms with Crippen LogP contribution in [0.3, 0.4) is 0 Å². The van der Waals surface area contributed by atoms with Crippen molar-refractivity contribution in [3.8, 4) is 0 Å².